The fraction of sp³-hybridized carbons (Fsp3) is 0.700. The Kier molecular flexibility index (Phi) is 3.12. The number of nitrogens with one attached hydrogen (secondary N) is 1. The number of nitrogens with zero attached hydrogens (tertiary/aromatic N) is 1. The van der Waals surface area contributed by atoms with Gasteiger partial charge in [-0.3, -0.25) is 0 Å². The summed E-state index contributed by atoms with van der Waals surface area (Å²) < 4.78 is 0. The van der Waals surface area contributed by atoms with Crippen molar-refractivity contribution in [3.05, 3.63) is 10.5 Å². The van der Waals surface area contributed by atoms with Gasteiger partial charge in [-0.2, -0.15) is 0 Å². The first kappa shape index (κ1) is 11.8. The average Bonchev–Trinajstić information content (AvgIpc) is 2.31. The van der Waals surface area contributed by atoms with Crippen molar-refractivity contribution in [1.82, 2.24) is 4.98 Å². The molecule has 1 rings (SSSR count). The predicted molar refractivity (Wildman–Crippen MR) is 64.3 cm³/mol. The summed E-state index contributed by atoms with van der Waals surface area (Å²) in [6.45, 7) is 10.9. The molecule has 2 nitrogen and oxygen atoms in total. The lowest BCUT2D eigenvalue weighted by Crippen LogP contribution is -2.44. The van der Waals surface area contributed by atoms with E-state index in [-0.39, 0.29) is 11.0 Å². The van der Waals surface area contributed by atoms with Gasteiger partial charge in [0, 0.05) is 10.9 Å². The van der Waals surface area contributed by atoms with Crippen molar-refractivity contribution in [3.8, 4) is 0 Å². The summed E-state index contributed by atoms with van der Waals surface area (Å²) in [5, 5.41) is 6.68. The molecule has 1 N–H and O–H groups in total. The molecular weight excluding hydrogens is 216 g/mol. The summed E-state index contributed by atoms with van der Waals surface area (Å²) in [6.07, 6.45) is 0. The molecule has 0 spiro atoms. The molecule has 14 heavy (non-hydrogen) atoms. The van der Waals surface area contributed by atoms with Crippen LogP contribution in [0.5, 0.6) is 0 Å². The van der Waals surface area contributed by atoms with Crippen molar-refractivity contribution in [2.24, 2.45) is 5.41 Å². The van der Waals surface area contributed by atoms with Crippen LogP contribution in [0.15, 0.2) is 5.38 Å². The van der Waals surface area contributed by atoms with E-state index in [4.69, 9.17) is 11.6 Å². The van der Waals surface area contributed by atoms with E-state index < -0.39 is 0 Å². The summed E-state index contributed by atoms with van der Waals surface area (Å²) in [5.74, 6) is 0. The Hall–Kier alpha value is -0.280. The zero-order valence-corrected chi connectivity index (χ0v) is 10.9. The molecule has 0 aliphatic carbocycles. The van der Waals surface area contributed by atoms with Crippen molar-refractivity contribution in [1.29, 1.82) is 0 Å². The largest absolute Gasteiger partial charge is 0.356 e. The Labute approximate surface area is 94.7 Å². The maximum atomic E-state index is 5.76. The van der Waals surface area contributed by atoms with Crippen LogP contribution in [-0.4, -0.2) is 10.5 Å². The van der Waals surface area contributed by atoms with Gasteiger partial charge in [-0.1, -0.05) is 32.4 Å². The molecule has 0 atom stereocenters. The van der Waals surface area contributed by atoms with Crippen LogP contribution in [0.1, 0.15) is 34.6 Å². The molecule has 0 amide bonds. The first-order valence-corrected chi connectivity index (χ1v) is 5.87. The summed E-state index contributed by atoms with van der Waals surface area (Å²) in [6, 6.07) is 0. The van der Waals surface area contributed by atoms with Crippen molar-refractivity contribution >= 4 is 28.1 Å². The number of thiazole rings is 1. The van der Waals surface area contributed by atoms with Crippen molar-refractivity contribution in [3.63, 3.8) is 0 Å². The second-order valence-corrected chi connectivity index (χ2v) is 6.22. The number of halogens is 1. The Balaban J connectivity index is 2.78. The smallest absolute Gasteiger partial charge is 0.184 e. The molecule has 80 valence electrons. The van der Waals surface area contributed by atoms with Gasteiger partial charge in [0.15, 0.2) is 5.13 Å². The maximum absolute atomic E-state index is 5.76. The molecule has 0 bridgehead atoms. The van der Waals surface area contributed by atoms with Crippen LogP contribution in [0, 0.1) is 5.41 Å². The van der Waals surface area contributed by atoms with Gasteiger partial charge in [-0.15, -0.1) is 11.3 Å². The van der Waals surface area contributed by atoms with E-state index in [1.165, 1.54) is 11.3 Å². The van der Waals surface area contributed by atoms with Gasteiger partial charge in [0.1, 0.15) is 5.15 Å². The van der Waals surface area contributed by atoms with Crippen LogP contribution in [-0.2, 0) is 0 Å². The molecule has 0 fully saturated rings. The minimum Gasteiger partial charge on any atom is -0.356 e. The molecule has 1 heterocycles. The fourth-order valence-electron chi connectivity index (χ4n) is 0.766. The van der Waals surface area contributed by atoms with Gasteiger partial charge < -0.3 is 5.32 Å². The van der Waals surface area contributed by atoms with Crippen molar-refractivity contribution < 1.29 is 0 Å². The second-order valence-electron chi connectivity index (χ2n) is 4.98. The van der Waals surface area contributed by atoms with Crippen molar-refractivity contribution in [2.75, 3.05) is 5.32 Å². The van der Waals surface area contributed by atoms with E-state index in [9.17, 15) is 0 Å². The molecule has 0 aromatic carbocycles. The molecule has 0 aliphatic rings. The van der Waals surface area contributed by atoms with Gasteiger partial charge in [0.05, 0.1) is 0 Å². The highest BCUT2D eigenvalue weighted by molar-refractivity contribution is 7.14. The molecule has 1 aromatic rings. The second kappa shape index (κ2) is 3.70. The third-order valence-corrected chi connectivity index (χ3v) is 3.85. The topological polar surface area (TPSA) is 24.9 Å². The maximum Gasteiger partial charge on any atom is 0.184 e. The molecule has 4 heteroatoms. The molecular formula is C10H17ClN2S. The lowest BCUT2D eigenvalue weighted by Gasteiger charge is -2.39. The van der Waals surface area contributed by atoms with Crippen LogP contribution in [0.25, 0.3) is 0 Å². The highest BCUT2D eigenvalue weighted by atomic mass is 35.5. The molecule has 0 aliphatic heterocycles. The van der Waals surface area contributed by atoms with Crippen LogP contribution in [0.2, 0.25) is 5.15 Å². The normalized spacial score (nSPS) is 13.0. The third kappa shape index (κ3) is 2.61. The van der Waals surface area contributed by atoms with Crippen LogP contribution in [0.3, 0.4) is 0 Å². The van der Waals surface area contributed by atoms with Crippen molar-refractivity contribution in [2.45, 2.75) is 40.2 Å². The highest BCUT2D eigenvalue weighted by Crippen LogP contribution is 2.34. The van der Waals surface area contributed by atoms with Crippen LogP contribution in [0.4, 0.5) is 5.13 Å². The number of hydrogen-bond donors (Lipinski definition) is 1. The standard InChI is InChI=1S/C10H17ClN2S/c1-9(2,3)10(4,5)13-8-12-7(11)6-14-8/h6H,1-5H3,(H,12,13). The van der Waals surface area contributed by atoms with Gasteiger partial charge in [0.25, 0.3) is 0 Å². The number of anilines is 1. The monoisotopic (exact) mass is 232 g/mol. The van der Waals surface area contributed by atoms with Gasteiger partial charge in [0.2, 0.25) is 0 Å². The minimum atomic E-state index is -0.00577. The molecule has 0 radical (unpaired) electrons. The Bertz CT molecular complexity index is 312. The first-order chi connectivity index (χ1) is 6.22. The van der Waals surface area contributed by atoms with E-state index in [0.29, 0.717) is 5.15 Å². The molecule has 1 aromatic heterocycles. The highest BCUT2D eigenvalue weighted by Gasteiger charge is 2.33. The van der Waals surface area contributed by atoms with Crippen LogP contribution >= 0.6 is 22.9 Å². The Morgan fingerprint density at radius 2 is 1.86 bits per heavy atom. The van der Waals surface area contributed by atoms with E-state index >= 15 is 0 Å². The van der Waals surface area contributed by atoms with E-state index in [2.05, 4.69) is 44.9 Å². The fourth-order valence-corrected chi connectivity index (χ4v) is 1.76. The summed E-state index contributed by atoms with van der Waals surface area (Å²) in [7, 11) is 0. The van der Waals surface area contributed by atoms with Gasteiger partial charge in [-0.25, -0.2) is 4.98 Å². The van der Waals surface area contributed by atoms with Gasteiger partial charge in [-0.05, 0) is 19.3 Å². The lowest BCUT2D eigenvalue weighted by molar-refractivity contribution is 0.254. The third-order valence-electron chi connectivity index (χ3n) is 2.77. The Morgan fingerprint density at radius 3 is 2.21 bits per heavy atom. The summed E-state index contributed by atoms with van der Waals surface area (Å²) in [5.41, 5.74) is 0.166. The van der Waals surface area contributed by atoms with E-state index in [1.807, 2.05) is 5.38 Å². The Morgan fingerprint density at radius 1 is 1.29 bits per heavy atom. The quantitative estimate of drug-likeness (QED) is 0.833. The molecule has 0 saturated heterocycles. The minimum absolute atomic E-state index is 0.00577. The van der Waals surface area contributed by atoms with Crippen LogP contribution < -0.4 is 5.32 Å². The first-order valence-electron chi connectivity index (χ1n) is 4.61. The van der Waals surface area contributed by atoms with E-state index in [0.717, 1.165) is 5.13 Å². The molecule has 0 unspecified atom stereocenters. The molecule has 0 saturated carbocycles. The zero-order valence-electron chi connectivity index (χ0n) is 9.31. The number of aromatic nitrogens is 1. The number of rotatable bonds is 2. The summed E-state index contributed by atoms with van der Waals surface area (Å²) in [4.78, 5) is 4.18. The predicted octanol–water partition coefficient (Wildman–Crippen LogP) is 4.03. The summed E-state index contributed by atoms with van der Waals surface area (Å²) >= 11 is 7.30. The zero-order chi connectivity index (χ0) is 11.0. The number of hydrogen-bond acceptors (Lipinski definition) is 3. The van der Waals surface area contributed by atoms with Gasteiger partial charge >= 0.3 is 0 Å². The lowest BCUT2D eigenvalue weighted by atomic mass is 9.76. The average molecular weight is 233 g/mol. The SMILES string of the molecule is CC(C)(C)C(C)(C)Nc1nc(Cl)cs1. The van der Waals surface area contributed by atoms with E-state index in [1.54, 1.807) is 0 Å².